The van der Waals surface area contributed by atoms with Crippen molar-refractivity contribution in [2.45, 2.75) is 18.9 Å². The van der Waals surface area contributed by atoms with Gasteiger partial charge in [-0.15, -0.1) is 11.3 Å². The predicted molar refractivity (Wildman–Crippen MR) is 128 cm³/mol. The van der Waals surface area contributed by atoms with Gasteiger partial charge in [-0.25, -0.2) is 9.78 Å². The number of thiophene rings is 1. The molecule has 0 saturated heterocycles. The van der Waals surface area contributed by atoms with Gasteiger partial charge in [0.25, 0.3) is 5.91 Å². The summed E-state index contributed by atoms with van der Waals surface area (Å²) in [6, 6.07) is 5.81. The van der Waals surface area contributed by atoms with Crippen LogP contribution in [-0.2, 0) is 0 Å². The van der Waals surface area contributed by atoms with Gasteiger partial charge in [0.1, 0.15) is 5.69 Å². The van der Waals surface area contributed by atoms with E-state index < -0.39 is 5.69 Å². The minimum atomic E-state index is -0.506. The zero-order valence-corrected chi connectivity index (χ0v) is 19.5. The van der Waals surface area contributed by atoms with E-state index in [0.29, 0.717) is 33.5 Å². The lowest BCUT2D eigenvalue weighted by atomic mass is 10.3. The quantitative estimate of drug-likeness (QED) is 0.295. The van der Waals surface area contributed by atoms with Gasteiger partial charge in [-0.2, -0.15) is 9.61 Å². The summed E-state index contributed by atoms with van der Waals surface area (Å²) in [6.07, 6.45) is 5.29. The number of nitrogens with one attached hydrogen (secondary N) is 3. The van der Waals surface area contributed by atoms with Crippen molar-refractivity contribution in [3.05, 3.63) is 56.2 Å². The largest absolute Gasteiger partial charge is 0.493 e. The zero-order valence-electron chi connectivity index (χ0n) is 18.7. The highest BCUT2D eigenvalue weighted by molar-refractivity contribution is 7.17. The van der Waals surface area contributed by atoms with Crippen molar-refractivity contribution in [1.29, 1.82) is 0 Å². The normalized spacial score (nSPS) is 15.0. The molecule has 1 aliphatic rings. The lowest BCUT2D eigenvalue weighted by Crippen LogP contribution is -2.30. The number of aromatic hydroxyl groups is 1. The minimum absolute atomic E-state index is 0.118. The fourth-order valence-corrected chi connectivity index (χ4v) is 4.28. The monoisotopic (exact) mass is 480 g/mol. The molecule has 5 rings (SSSR count). The van der Waals surface area contributed by atoms with Crippen LogP contribution in [0, 0.1) is 0 Å². The maximum Gasteiger partial charge on any atom is 0.326 e. The third-order valence-corrected chi connectivity index (χ3v) is 6.41. The Bertz CT molecular complexity index is 1540. The molecule has 1 amide bonds. The predicted octanol–water partition coefficient (Wildman–Crippen LogP) is 0.0820. The number of H-pyrrole nitrogens is 2. The van der Waals surface area contributed by atoms with E-state index in [1.807, 2.05) is 31.1 Å². The van der Waals surface area contributed by atoms with E-state index in [1.165, 1.54) is 11.3 Å². The molecule has 4 N–H and O–H groups in total. The lowest BCUT2D eigenvalue weighted by Gasteiger charge is -2.09. The van der Waals surface area contributed by atoms with Gasteiger partial charge < -0.3 is 20.3 Å². The molecule has 12 heteroatoms. The Labute approximate surface area is 197 Å². The van der Waals surface area contributed by atoms with Gasteiger partial charge in [0, 0.05) is 24.4 Å². The summed E-state index contributed by atoms with van der Waals surface area (Å²) in [5.74, 6) is -0.376. The van der Waals surface area contributed by atoms with E-state index in [2.05, 4.69) is 20.4 Å². The lowest BCUT2D eigenvalue weighted by molar-refractivity contribution is 0.0955. The molecule has 176 valence electrons. The van der Waals surface area contributed by atoms with Gasteiger partial charge >= 0.3 is 5.69 Å². The molecule has 0 aromatic carbocycles. The maximum atomic E-state index is 12.5. The number of carbonyl (C=O) groups excluding carboxylic acids is 1. The van der Waals surface area contributed by atoms with E-state index in [0.717, 1.165) is 24.3 Å². The van der Waals surface area contributed by atoms with E-state index >= 15 is 0 Å². The molecule has 0 unspecified atom stereocenters. The Morgan fingerprint density at radius 3 is 2.91 bits per heavy atom. The number of amides is 1. The van der Waals surface area contributed by atoms with E-state index in [9.17, 15) is 14.7 Å². The van der Waals surface area contributed by atoms with Gasteiger partial charge in [0.05, 0.1) is 27.7 Å². The molecule has 4 heterocycles. The molecule has 0 spiro atoms. The second-order valence-corrected chi connectivity index (χ2v) is 9.49. The molecule has 11 nitrogen and oxygen atoms in total. The second kappa shape index (κ2) is 8.88. The summed E-state index contributed by atoms with van der Waals surface area (Å²) in [4.78, 5) is 41.9. The van der Waals surface area contributed by atoms with Crippen LogP contribution in [0.15, 0.2) is 34.2 Å². The summed E-state index contributed by atoms with van der Waals surface area (Å²) in [5.41, 5.74) is 1.60. The van der Waals surface area contributed by atoms with Crippen molar-refractivity contribution in [3.8, 4) is 16.5 Å². The molecular weight excluding hydrogens is 456 g/mol. The van der Waals surface area contributed by atoms with Gasteiger partial charge in [-0.1, -0.05) is 0 Å². The molecular formula is C22H24N8O3S. The first-order valence-electron chi connectivity index (χ1n) is 10.9. The molecule has 4 aromatic rings. The van der Waals surface area contributed by atoms with Crippen molar-refractivity contribution < 1.29 is 9.90 Å². The van der Waals surface area contributed by atoms with Crippen molar-refractivity contribution in [2.75, 3.05) is 27.2 Å². The Morgan fingerprint density at radius 1 is 1.38 bits per heavy atom. The van der Waals surface area contributed by atoms with Crippen LogP contribution >= 0.6 is 11.3 Å². The first kappa shape index (κ1) is 22.0. The number of nitrogens with zero attached hydrogens (tertiary/aromatic N) is 5. The number of aromatic nitrogens is 5. The van der Waals surface area contributed by atoms with Crippen LogP contribution in [0.25, 0.3) is 22.3 Å². The van der Waals surface area contributed by atoms with Crippen LogP contribution in [0.2, 0.25) is 0 Å². The van der Waals surface area contributed by atoms with Crippen LogP contribution in [-0.4, -0.2) is 73.7 Å². The van der Waals surface area contributed by atoms with Gasteiger partial charge in [0.2, 0.25) is 5.88 Å². The van der Waals surface area contributed by atoms with Crippen LogP contribution in [0.1, 0.15) is 28.2 Å². The van der Waals surface area contributed by atoms with E-state index in [-0.39, 0.29) is 23.5 Å². The molecule has 34 heavy (non-hydrogen) atoms. The number of rotatable bonds is 7. The topological polar surface area (TPSA) is 144 Å². The van der Waals surface area contributed by atoms with Crippen LogP contribution in [0.4, 0.5) is 0 Å². The second-order valence-electron chi connectivity index (χ2n) is 8.40. The maximum absolute atomic E-state index is 12.5. The highest BCUT2D eigenvalue weighted by Crippen LogP contribution is 2.27. The van der Waals surface area contributed by atoms with E-state index in [4.69, 9.17) is 9.98 Å². The molecule has 4 aromatic heterocycles. The summed E-state index contributed by atoms with van der Waals surface area (Å²) >= 11 is 1.36. The van der Waals surface area contributed by atoms with Crippen LogP contribution in [0.5, 0.6) is 5.88 Å². The summed E-state index contributed by atoms with van der Waals surface area (Å²) in [6.45, 7) is 1.33. The number of carbonyl (C=O) groups is 1. The fraction of sp³-hybridized carbons (Fsp3) is 0.318. The zero-order chi connectivity index (χ0) is 23.8. The van der Waals surface area contributed by atoms with Gasteiger partial charge in [-0.05, 0) is 45.1 Å². The average molecular weight is 481 g/mol. The van der Waals surface area contributed by atoms with Crippen LogP contribution in [0.3, 0.4) is 0 Å². The molecule has 0 atom stereocenters. The summed E-state index contributed by atoms with van der Waals surface area (Å²) in [5, 5.41) is 17.9. The Balaban J connectivity index is 1.56. The number of imidazole rings is 1. The Morgan fingerprint density at radius 2 is 2.21 bits per heavy atom. The molecule has 1 saturated carbocycles. The van der Waals surface area contributed by atoms with Crippen molar-refractivity contribution in [3.63, 3.8) is 0 Å². The molecule has 0 aliphatic heterocycles. The molecule has 0 radical (unpaired) electrons. The number of hydrogen-bond acceptors (Lipinski definition) is 8. The number of fused-ring (bicyclic) bond motifs is 1. The Hall–Kier alpha value is -3.77. The van der Waals surface area contributed by atoms with Crippen molar-refractivity contribution >= 4 is 29.0 Å². The number of likely N-dealkylation sites (N-methyl/N-ethyl adjacent to an activating group) is 1. The first-order chi connectivity index (χ1) is 16.4. The van der Waals surface area contributed by atoms with E-state index in [1.54, 1.807) is 22.9 Å². The van der Waals surface area contributed by atoms with Gasteiger partial charge in [0.15, 0.2) is 11.1 Å². The number of hydrogen-bond donors (Lipinski definition) is 4. The average Bonchev–Trinajstić information content (AvgIpc) is 3.18. The Kier molecular flexibility index (Phi) is 5.75. The minimum Gasteiger partial charge on any atom is -0.493 e. The summed E-state index contributed by atoms with van der Waals surface area (Å²) in [7, 11) is 3.91. The highest BCUT2D eigenvalue weighted by atomic mass is 32.1. The summed E-state index contributed by atoms with van der Waals surface area (Å²) < 4.78 is 1.65. The third kappa shape index (κ3) is 4.63. The van der Waals surface area contributed by atoms with Crippen LogP contribution < -0.4 is 21.7 Å². The molecule has 1 fully saturated rings. The number of aromatic amines is 2. The SMILES string of the molecule is CN(C)CCNC(=O)c1ccc(-c2cc(=NC3CC3)n3nc/c(=C/c4[nH]c(=O)[nH]c4O)c3n2)s1. The fourth-order valence-electron chi connectivity index (χ4n) is 3.40. The highest BCUT2D eigenvalue weighted by Gasteiger charge is 2.21. The van der Waals surface area contributed by atoms with Crippen molar-refractivity contribution in [1.82, 2.24) is 34.8 Å². The molecule has 0 bridgehead atoms. The van der Waals surface area contributed by atoms with Crippen molar-refractivity contribution in [2.24, 2.45) is 4.99 Å². The standard InChI is InChI=1S/C22H24N8O3S/c1-29(2)8-7-23-21(32)17-6-5-16(34-17)14-10-18(25-13-3-4-13)30-19(26-14)12(11-24-30)9-15-20(31)28-22(33)27-15/h5-6,9-11,13,31H,3-4,7-8H2,1-2H3,(H,23,32)(H2,27,28,33)/b12-9-,25-18?. The molecule has 1 aliphatic carbocycles. The smallest absolute Gasteiger partial charge is 0.326 e. The third-order valence-electron chi connectivity index (χ3n) is 5.30. The first-order valence-corrected chi connectivity index (χ1v) is 11.7. The van der Waals surface area contributed by atoms with Gasteiger partial charge in [-0.3, -0.25) is 14.8 Å².